The van der Waals surface area contributed by atoms with Crippen LogP contribution in [0.15, 0.2) is 47.4 Å². The molecule has 0 bridgehead atoms. The Bertz CT molecular complexity index is 815. The number of nitrogens with zero attached hydrogens (tertiary/aromatic N) is 1. The largest absolute Gasteiger partial charge is 0.301 e. The minimum Gasteiger partial charge on any atom is -0.301 e. The Hall–Kier alpha value is -1.56. The zero-order chi connectivity index (χ0) is 15.5. The molecule has 3 aromatic rings. The van der Waals surface area contributed by atoms with E-state index >= 15 is 0 Å². The molecule has 0 atom stereocenters. The molecule has 1 heterocycles. The summed E-state index contributed by atoms with van der Waals surface area (Å²) in [6.07, 6.45) is 0. The highest BCUT2D eigenvalue weighted by Gasteiger charge is 2.08. The summed E-state index contributed by atoms with van der Waals surface area (Å²) >= 11 is 8.89. The first-order chi connectivity index (χ1) is 10.6. The van der Waals surface area contributed by atoms with Crippen LogP contribution in [0.4, 0.5) is 5.13 Å². The van der Waals surface area contributed by atoms with Crippen molar-refractivity contribution in [1.29, 1.82) is 0 Å². The van der Waals surface area contributed by atoms with Crippen LogP contribution >= 0.6 is 34.7 Å². The molecule has 0 spiro atoms. The summed E-state index contributed by atoms with van der Waals surface area (Å²) in [6, 6.07) is 13.6. The first-order valence-corrected chi connectivity index (χ1v) is 8.83. The number of aromatic nitrogens is 1. The van der Waals surface area contributed by atoms with E-state index in [1.165, 1.54) is 28.7 Å². The number of hydrogen-bond acceptors (Lipinski definition) is 4. The van der Waals surface area contributed by atoms with Crippen LogP contribution in [-0.2, 0) is 4.79 Å². The van der Waals surface area contributed by atoms with E-state index in [0.717, 1.165) is 15.1 Å². The van der Waals surface area contributed by atoms with Crippen molar-refractivity contribution in [2.45, 2.75) is 11.8 Å². The van der Waals surface area contributed by atoms with Crippen LogP contribution in [-0.4, -0.2) is 16.6 Å². The summed E-state index contributed by atoms with van der Waals surface area (Å²) in [4.78, 5) is 17.5. The molecule has 0 unspecified atom stereocenters. The van der Waals surface area contributed by atoms with E-state index in [-0.39, 0.29) is 5.91 Å². The van der Waals surface area contributed by atoms with Crippen molar-refractivity contribution in [3.63, 3.8) is 0 Å². The molecular formula is C16H13ClN2OS2. The van der Waals surface area contributed by atoms with Gasteiger partial charge >= 0.3 is 0 Å². The minimum absolute atomic E-state index is 0.0595. The second-order valence-corrected chi connectivity index (χ2v) is 7.30. The molecule has 0 aliphatic heterocycles. The quantitative estimate of drug-likeness (QED) is 0.675. The summed E-state index contributed by atoms with van der Waals surface area (Å²) in [7, 11) is 0. The number of halogens is 1. The van der Waals surface area contributed by atoms with Gasteiger partial charge in [0, 0.05) is 9.92 Å². The Morgan fingerprint density at radius 2 is 2.05 bits per heavy atom. The van der Waals surface area contributed by atoms with E-state index in [4.69, 9.17) is 11.6 Å². The molecule has 6 heteroatoms. The lowest BCUT2D eigenvalue weighted by molar-refractivity contribution is -0.113. The number of amides is 1. The van der Waals surface area contributed by atoms with Crippen LogP contribution in [0.5, 0.6) is 0 Å². The molecule has 3 nitrogen and oxygen atoms in total. The zero-order valence-electron chi connectivity index (χ0n) is 11.8. The molecule has 0 aliphatic rings. The molecule has 1 N–H and O–H groups in total. The van der Waals surface area contributed by atoms with Gasteiger partial charge in [-0.3, -0.25) is 4.79 Å². The molecule has 112 valence electrons. The van der Waals surface area contributed by atoms with Crippen molar-refractivity contribution >= 4 is 56.0 Å². The van der Waals surface area contributed by atoms with Crippen LogP contribution < -0.4 is 5.32 Å². The molecule has 0 radical (unpaired) electrons. The second kappa shape index (κ2) is 6.69. The molecule has 0 fully saturated rings. The van der Waals surface area contributed by atoms with E-state index < -0.39 is 0 Å². The van der Waals surface area contributed by atoms with Gasteiger partial charge in [-0.15, -0.1) is 11.8 Å². The van der Waals surface area contributed by atoms with E-state index in [2.05, 4.69) is 10.3 Å². The lowest BCUT2D eigenvalue weighted by atomic mass is 10.2. The number of thiazole rings is 1. The molecule has 1 aromatic heterocycles. The number of carbonyl (C=O) groups is 1. The Kier molecular flexibility index (Phi) is 4.66. The van der Waals surface area contributed by atoms with E-state index in [1.807, 2.05) is 43.3 Å². The van der Waals surface area contributed by atoms with Gasteiger partial charge in [0.15, 0.2) is 5.13 Å². The van der Waals surface area contributed by atoms with Crippen LogP contribution in [0.25, 0.3) is 10.2 Å². The van der Waals surface area contributed by atoms with Gasteiger partial charge in [-0.1, -0.05) is 40.6 Å². The standard InChI is InChI=1S/C16H13ClN2OS2/c1-10-2-5-12(6-3-10)21-9-15(20)19-16-18-13-7-4-11(17)8-14(13)22-16/h2-8H,9H2,1H3,(H,18,19,20). The van der Waals surface area contributed by atoms with Gasteiger partial charge in [0.2, 0.25) is 5.91 Å². The molecule has 3 rings (SSSR count). The third kappa shape index (κ3) is 3.80. The summed E-state index contributed by atoms with van der Waals surface area (Å²) in [6.45, 7) is 2.04. The fourth-order valence-electron chi connectivity index (χ4n) is 1.89. The predicted octanol–water partition coefficient (Wildman–Crippen LogP) is 4.99. The number of nitrogens with one attached hydrogen (secondary N) is 1. The zero-order valence-corrected chi connectivity index (χ0v) is 14.2. The number of anilines is 1. The van der Waals surface area contributed by atoms with Gasteiger partial charge < -0.3 is 5.32 Å². The maximum atomic E-state index is 12.0. The minimum atomic E-state index is -0.0595. The number of thioether (sulfide) groups is 1. The monoisotopic (exact) mass is 348 g/mol. The van der Waals surface area contributed by atoms with Crippen molar-refractivity contribution in [3.8, 4) is 0 Å². The number of carbonyl (C=O) groups excluding carboxylic acids is 1. The van der Waals surface area contributed by atoms with Crippen LogP contribution in [0.3, 0.4) is 0 Å². The van der Waals surface area contributed by atoms with Gasteiger partial charge in [0.05, 0.1) is 16.0 Å². The lowest BCUT2D eigenvalue weighted by Gasteiger charge is -2.02. The summed E-state index contributed by atoms with van der Waals surface area (Å²) < 4.78 is 0.967. The van der Waals surface area contributed by atoms with E-state index in [1.54, 1.807) is 6.07 Å². The predicted molar refractivity (Wildman–Crippen MR) is 95.2 cm³/mol. The Balaban J connectivity index is 1.61. The number of aryl methyl sites for hydroxylation is 1. The molecule has 1 amide bonds. The highest BCUT2D eigenvalue weighted by molar-refractivity contribution is 8.00. The Morgan fingerprint density at radius 3 is 2.82 bits per heavy atom. The number of rotatable bonds is 4. The van der Waals surface area contributed by atoms with Crippen molar-refractivity contribution in [1.82, 2.24) is 4.98 Å². The topological polar surface area (TPSA) is 42.0 Å². The van der Waals surface area contributed by atoms with Gasteiger partial charge in [-0.2, -0.15) is 0 Å². The lowest BCUT2D eigenvalue weighted by Crippen LogP contribution is -2.13. The molecule has 0 aliphatic carbocycles. The van der Waals surface area contributed by atoms with Crippen molar-refractivity contribution in [2.24, 2.45) is 0 Å². The summed E-state index contributed by atoms with van der Waals surface area (Å²) in [5, 5.41) is 4.11. The smallest absolute Gasteiger partial charge is 0.236 e. The number of fused-ring (bicyclic) bond motifs is 1. The number of hydrogen-bond donors (Lipinski definition) is 1. The fraction of sp³-hybridized carbons (Fsp3) is 0.125. The average Bonchev–Trinajstić information content (AvgIpc) is 2.88. The SMILES string of the molecule is Cc1ccc(SCC(=O)Nc2nc3ccc(Cl)cc3s2)cc1. The van der Waals surface area contributed by atoms with Crippen molar-refractivity contribution in [2.75, 3.05) is 11.1 Å². The number of benzene rings is 2. The Labute approximate surface area is 141 Å². The third-order valence-electron chi connectivity index (χ3n) is 2.99. The highest BCUT2D eigenvalue weighted by atomic mass is 35.5. The maximum absolute atomic E-state index is 12.0. The van der Waals surface area contributed by atoms with Crippen molar-refractivity contribution in [3.05, 3.63) is 53.1 Å². The second-order valence-electron chi connectivity index (χ2n) is 4.78. The molecule has 0 saturated heterocycles. The van der Waals surface area contributed by atoms with E-state index in [9.17, 15) is 4.79 Å². The van der Waals surface area contributed by atoms with Crippen molar-refractivity contribution < 1.29 is 4.79 Å². The summed E-state index contributed by atoms with van der Waals surface area (Å²) in [5.74, 6) is 0.301. The molecule has 0 saturated carbocycles. The molecule has 22 heavy (non-hydrogen) atoms. The van der Waals surface area contributed by atoms with Crippen LogP contribution in [0.2, 0.25) is 5.02 Å². The first-order valence-electron chi connectivity index (χ1n) is 6.65. The maximum Gasteiger partial charge on any atom is 0.236 e. The highest BCUT2D eigenvalue weighted by Crippen LogP contribution is 2.28. The first kappa shape index (κ1) is 15.3. The average molecular weight is 349 g/mol. The third-order valence-corrected chi connectivity index (χ3v) is 5.17. The van der Waals surface area contributed by atoms with Crippen LogP contribution in [0.1, 0.15) is 5.56 Å². The van der Waals surface area contributed by atoms with Gasteiger partial charge in [-0.05, 0) is 37.3 Å². The normalized spacial score (nSPS) is 10.8. The Morgan fingerprint density at radius 1 is 1.27 bits per heavy atom. The summed E-state index contributed by atoms with van der Waals surface area (Å²) in [5.41, 5.74) is 2.05. The fourth-order valence-corrected chi connectivity index (χ4v) is 3.75. The van der Waals surface area contributed by atoms with E-state index in [0.29, 0.717) is 15.9 Å². The van der Waals surface area contributed by atoms with Gasteiger partial charge in [0.1, 0.15) is 0 Å². The van der Waals surface area contributed by atoms with Gasteiger partial charge in [0.25, 0.3) is 0 Å². The molecular weight excluding hydrogens is 336 g/mol. The van der Waals surface area contributed by atoms with Gasteiger partial charge in [-0.25, -0.2) is 4.98 Å². The van der Waals surface area contributed by atoms with Crippen LogP contribution in [0, 0.1) is 6.92 Å². The molecule has 2 aromatic carbocycles.